The van der Waals surface area contributed by atoms with Crippen molar-refractivity contribution < 1.29 is 4.92 Å². The Labute approximate surface area is 137 Å². The SMILES string of the molecule is O=[N+]([O-])c1ccc(Br)cc1CNc1cc(Br)ccc1Cl. The van der Waals surface area contributed by atoms with Crippen molar-refractivity contribution in [1.29, 1.82) is 0 Å². The molecule has 7 heteroatoms. The first-order valence-electron chi connectivity index (χ1n) is 5.59. The summed E-state index contributed by atoms with van der Waals surface area (Å²) in [4.78, 5) is 10.6. The molecule has 0 heterocycles. The number of nitro benzene ring substituents is 1. The van der Waals surface area contributed by atoms with E-state index in [2.05, 4.69) is 37.2 Å². The molecule has 2 aromatic rings. The lowest BCUT2D eigenvalue weighted by Gasteiger charge is -2.09. The molecule has 0 unspecified atom stereocenters. The molecule has 0 amide bonds. The minimum absolute atomic E-state index is 0.0758. The van der Waals surface area contributed by atoms with Gasteiger partial charge in [0, 0.05) is 27.1 Å². The number of hydrogen-bond donors (Lipinski definition) is 1. The van der Waals surface area contributed by atoms with Crippen molar-refractivity contribution in [2.75, 3.05) is 5.32 Å². The Hall–Kier alpha value is -1.11. The van der Waals surface area contributed by atoms with Gasteiger partial charge in [-0.1, -0.05) is 43.5 Å². The zero-order chi connectivity index (χ0) is 14.7. The number of nitrogens with zero attached hydrogens (tertiary/aromatic N) is 1. The average molecular weight is 420 g/mol. The van der Waals surface area contributed by atoms with E-state index in [-0.39, 0.29) is 5.69 Å². The Morgan fingerprint density at radius 2 is 1.80 bits per heavy atom. The minimum Gasteiger partial charge on any atom is -0.379 e. The number of nitro groups is 1. The minimum atomic E-state index is -0.397. The van der Waals surface area contributed by atoms with Crippen LogP contribution in [0.1, 0.15) is 5.56 Å². The van der Waals surface area contributed by atoms with Gasteiger partial charge in [-0.15, -0.1) is 0 Å². The smallest absolute Gasteiger partial charge is 0.274 e. The second kappa shape index (κ2) is 6.56. The van der Waals surface area contributed by atoms with Gasteiger partial charge in [-0.3, -0.25) is 10.1 Å². The van der Waals surface area contributed by atoms with Crippen molar-refractivity contribution in [3.8, 4) is 0 Å². The van der Waals surface area contributed by atoms with Crippen LogP contribution in [-0.4, -0.2) is 4.92 Å². The highest BCUT2D eigenvalue weighted by Gasteiger charge is 2.13. The number of benzene rings is 2. The molecule has 0 radical (unpaired) electrons. The molecule has 0 atom stereocenters. The third kappa shape index (κ3) is 3.71. The maximum atomic E-state index is 11.0. The van der Waals surface area contributed by atoms with Crippen LogP contribution >= 0.6 is 43.5 Å². The van der Waals surface area contributed by atoms with Gasteiger partial charge in [-0.25, -0.2) is 0 Å². The van der Waals surface area contributed by atoms with Gasteiger partial charge in [0.25, 0.3) is 5.69 Å². The summed E-state index contributed by atoms with van der Waals surface area (Å²) in [7, 11) is 0. The van der Waals surface area contributed by atoms with Gasteiger partial charge >= 0.3 is 0 Å². The van der Waals surface area contributed by atoms with Crippen LogP contribution in [0, 0.1) is 10.1 Å². The molecule has 2 aromatic carbocycles. The Bertz CT molecular complexity index is 665. The monoisotopic (exact) mass is 418 g/mol. The molecule has 0 saturated heterocycles. The number of anilines is 1. The third-order valence-corrected chi connectivity index (χ3v) is 3.95. The fraction of sp³-hybridized carbons (Fsp3) is 0.0769. The Kier molecular flexibility index (Phi) is 5.01. The predicted octanol–water partition coefficient (Wildman–Crippen LogP) is 5.39. The van der Waals surface area contributed by atoms with Gasteiger partial charge in [0.15, 0.2) is 0 Å². The van der Waals surface area contributed by atoms with E-state index >= 15 is 0 Å². The topological polar surface area (TPSA) is 55.2 Å². The average Bonchev–Trinajstić information content (AvgIpc) is 2.39. The van der Waals surface area contributed by atoms with E-state index < -0.39 is 4.92 Å². The summed E-state index contributed by atoms with van der Waals surface area (Å²) in [6.45, 7) is 0.311. The largest absolute Gasteiger partial charge is 0.379 e. The molecule has 4 nitrogen and oxygen atoms in total. The molecule has 2 rings (SSSR count). The van der Waals surface area contributed by atoms with Crippen LogP contribution in [0.5, 0.6) is 0 Å². The molecule has 0 aliphatic carbocycles. The Morgan fingerprint density at radius 1 is 1.15 bits per heavy atom. The van der Waals surface area contributed by atoms with Crippen molar-refractivity contribution in [3.05, 3.63) is 66.0 Å². The summed E-state index contributed by atoms with van der Waals surface area (Å²) in [5, 5.41) is 14.7. The maximum Gasteiger partial charge on any atom is 0.274 e. The van der Waals surface area contributed by atoms with E-state index in [0.29, 0.717) is 17.1 Å². The van der Waals surface area contributed by atoms with Gasteiger partial charge in [0.05, 0.1) is 15.6 Å². The predicted molar refractivity (Wildman–Crippen MR) is 87.3 cm³/mol. The van der Waals surface area contributed by atoms with Crippen molar-refractivity contribution in [2.24, 2.45) is 0 Å². The molecule has 1 N–H and O–H groups in total. The number of hydrogen-bond acceptors (Lipinski definition) is 3. The van der Waals surface area contributed by atoms with E-state index in [9.17, 15) is 10.1 Å². The van der Waals surface area contributed by atoms with Crippen LogP contribution in [0.15, 0.2) is 45.3 Å². The summed E-state index contributed by atoms with van der Waals surface area (Å²) >= 11 is 12.7. The fourth-order valence-corrected chi connectivity index (χ4v) is 2.65. The van der Waals surface area contributed by atoms with Gasteiger partial charge in [0.1, 0.15) is 0 Å². The number of rotatable bonds is 4. The third-order valence-electron chi connectivity index (χ3n) is 2.64. The highest BCUT2D eigenvalue weighted by atomic mass is 79.9. The molecular weight excluding hydrogens is 411 g/mol. The van der Waals surface area contributed by atoms with Crippen LogP contribution in [0.4, 0.5) is 11.4 Å². The van der Waals surface area contributed by atoms with Gasteiger partial charge < -0.3 is 5.32 Å². The van der Waals surface area contributed by atoms with Gasteiger partial charge in [-0.05, 0) is 30.3 Å². The molecule has 0 spiro atoms. The van der Waals surface area contributed by atoms with E-state index in [1.165, 1.54) is 6.07 Å². The molecular formula is C13H9Br2ClN2O2. The van der Waals surface area contributed by atoms with Crippen LogP contribution in [0.3, 0.4) is 0 Å². The van der Waals surface area contributed by atoms with Crippen LogP contribution in [-0.2, 0) is 6.54 Å². The lowest BCUT2D eigenvalue weighted by Crippen LogP contribution is -2.03. The second-order valence-electron chi connectivity index (χ2n) is 4.01. The lowest BCUT2D eigenvalue weighted by molar-refractivity contribution is -0.385. The zero-order valence-corrected chi connectivity index (χ0v) is 14.0. The molecule has 0 fully saturated rings. The van der Waals surface area contributed by atoms with Crippen LogP contribution in [0.25, 0.3) is 0 Å². The Balaban J connectivity index is 2.24. The fourth-order valence-electron chi connectivity index (χ4n) is 1.70. The van der Waals surface area contributed by atoms with E-state index in [0.717, 1.165) is 14.6 Å². The van der Waals surface area contributed by atoms with E-state index in [1.54, 1.807) is 18.2 Å². The van der Waals surface area contributed by atoms with Gasteiger partial charge in [0.2, 0.25) is 0 Å². The van der Waals surface area contributed by atoms with Crippen LogP contribution < -0.4 is 5.32 Å². The molecule has 0 bridgehead atoms. The molecule has 0 aliphatic rings. The molecule has 20 heavy (non-hydrogen) atoms. The van der Waals surface area contributed by atoms with E-state index in [1.807, 2.05) is 12.1 Å². The van der Waals surface area contributed by atoms with Gasteiger partial charge in [-0.2, -0.15) is 0 Å². The number of nitrogens with one attached hydrogen (secondary N) is 1. The van der Waals surface area contributed by atoms with E-state index in [4.69, 9.17) is 11.6 Å². The first-order chi connectivity index (χ1) is 9.47. The highest BCUT2D eigenvalue weighted by molar-refractivity contribution is 9.10. The number of halogens is 3. The van der Waals surface area contributed by atoms with Crippen molar-refractivity contribution in [3.63, 3.8) is 0 Å². The molecule has 0 aromatic heterocycles. The summed E-state index contributed by atoms with van der Waals surface area (Å²) in [6.07, 6.45) is 0. The van der Waals surface area contributed by atoms with Crippen molar-refractivity contribution in [1.82, 2.24) is 0 Å². The second-order valence-corrected chi connectivity index (χ2v) is 6.25. The zero-order valence-electron chi connectivity index (χ0n) is 10.1. The lowest BCUT2D eigenvalue weighted by atomic mass is 10.2. The quantitative estimate of drug-likeness (QED) is 0.533. The summed E-state index contributed by atoms with van der Waals surface area (Å²) in [5.74, 6) is 0. The Morgan fingerprint density at radius 3 is 2.50 bits per heavy atom. The molecule has 0 aliphatic heterocycles. The first kappa shape index (κ1) is 15.3. The first-order valence-corrected chi connectivity index (χ1v) is 7.55. The summed E-state index contributed by atoms with van der Waals surface area (Å²) in [5.41, 5.74) is 1.38. The molecule has 104 valence electrons. The summed E-state index contributed by atoms with van der Waals surface area (Å²) < 4.78 is 1.67. The standard InChI is InChI=1S/C13H9Br2ClN2O2/c14-9-2-4-13(18(19)20)8(5-9)7-17-12-6-10(15)1-3-11(12)16/h1-6,17H,7H2. The maximum absolute atomic E-state index is 11.0. The highest BCUT2D eigenvalue weighted by Crippen LogP contribution is 2.28. The van der Waals surface area contributed by atoms with Crippen LogP contribution in [0.2, 0.25) is 5.02 Å². The normalized spacial score (nSPS) is 10.3. The van der Waals surface area contributed by atoms with Crippen molar-refractivity contribution in [2.45, 2.75) is 6.54 Å². The van der Waals surface area contributed by atoms with Crippen molar-refractivity contribution >= 4 is 54.8 Å². The summed E-state index contributed by atoms with van der Waals surface area (Å²) in [6, 6.07) is 10.2. The molecule has 0 saturated carbocycles.